The minimum Gasteiger partial charge on any atom is -0.492 e. The number of rotatable bonds is 1. The first-order valence-electron chi connectivity index (χ1n) is 7.95. The summed E-state index contributed by atoms with van der Waals surface area (Å²) in [5.74, 6) is 0.545. The maximum Gasteiger partial charge on any atom is 0.244 e. The zero-order valence-electron chi connectivity index (χ0n) is 13.2. The molecule has 0 aliphatic carbocycles. The number of sulfonamides is 1. The molecule has 3 rings (SSSR count). The van der Waals surface area contributed by atoms with Crippen LogP contribution in [0.2, 0.25) is 0 Å². The maximum absolute atomic E-state index is 12.4. The van der Waals surface area contributed by atoms with Crippen LogP contribution in [-0.2, 0) is 14.8 Å². The highest BCUT2D eigenvalue weighted by molar-refractivity contribution is 7.89. The first-order chi connectivity index (χ1) is 11.0. The average molecular weight is 338 g/mol. The van der Waals surface area contributed by atoms with Crippen molar-refractivity contribution >= 4 is 15.9 Å². The van der Waals surface area contributed by atoms with E-state index in [9.17, 15) is 13.2 Å². The minimum absolute atomic E-state index is 0.150. The van der Waals surface area contributed by atoms with Gasteiger partial charge < -0.3 is 9.64 Å². The quantitative estimate of drug-likeness (QED) is 0.839. The van der Waals surface area contributed by atoms with Crippen LogP contribution in [0.25, 0.3) is 0 Å². The van der Waals surface area contributed by atoms with Gasteiger partial charge in [-0.05, 0) is 25.0 Å². The van der Waals surface area contributed by atoms with Gasteiger partial charge in [-0.25, -0.2) is 13.1 Å². The molecule has 1 aromatic rings. The van der Waals surface area contributed by atoms with Crippen LogP contribution in [0.1, 0.15) is 26.2 Å². The summed E-state index contributed by atoms with van der Waals surface area (Å²) in [6.45, 7) is 3.97. The molecule has 1 saturated heterocycles. The van der Waals surface area contributed by atoms with E-state index < -0.39 is 10.0 Å². The molecular formula is C16H22N2O4S. The Balaban J connectivity index is 1.80. The van der Waals surface area contributed by atoms with Gasteiger partial charge in [0.05, 0.1) is 6.61 Å². The number of benzene rings is 1. The van der Waals surface area contributed by atoms with Crippen LogP contribution in [0.15, 0.2) is 29.2 Å². The first-order valence-corrected chi connectivity index (χ1v) is 9.43. The van der Waals surface area contributed by atoms with Crippen molar-refractivity contribution in [2.75, 3.05) is 26.2 Å². The summed E-state index contributed by atoms with van der Waals surface area (Å²) in [6, 6.07) is 6.69. The molecule has 0 saturated carbocycles. The Morgan fingerprint density at radius 3 is 2.70 bits per heavy atom. The van der Waals surface area contributed by atoms with Crippen LogP contribution < -0.4 is 9.46 Å². The normalized spacial score (nSPS) is 22.6. The number of piperidine rings is 1. The number of carbonyl (C=O) groups excluding carboxylic acids is 1. The number of likely N-dealkylation sites (tertiary alicyclic amines) is 1. The van der Waals surface area contributed by atoms with Gasteiger partial charge in [-0.15, -0.1) is 0 Å². The highest BCUT2D eigenvalue weighted by Gasteiger charge is 2.39. The van der Waals surface area contributed by atoms with Gasteiger partial charge >= 0.3 is 0 Å². The lowest BCUT2D eigenvalue weighted by atomic mass is 9.79. The van der Waals surface area contributed by atoms with E-state index in [0.29, 0.717) is 38.4 Å². The standard InChI is InChI=1S/C16H22N2O4S/c1-2-15(19)18-9-7-16(8-10-18)11-17-23(20,21)14-6-4-3-5-13(14)22-12-16/h3-6,17H,2,7-12H2,1H3. The fourth-order valence-electron chi connectivity index (χ4n) is 3.17. The van der Waals surface area contributed by atoms with Gasteiger partial charge in [0.2, 0.25) is 15.9 Å². The number of hydrogen-bond acceptors (Lipinski definition) is 4. The summed E-state index contributed by atoms with van der Waals surface area (Å²) >= 11 is 0. The van der Waals surface area contributed by atoms with Gasteiger partial charge in [-0.3, -0.25) is 4.79 Å². The van der Waals surface area contributed by atoms with E-state index in [2.05, 4.69) is 4.72 Å². The highest BCUT2D eigenvalue weighted by Crippen LogP contribution is 2.35. The average Bonchev–Trinajstić information content (AvgIpc) is 2.58. The third kappa shape index (κ3) is 3.21. The van der Waals surface area contributed by atoms with Crippen LogP contribution in [-0.4, -0.2) is 45.5 Å². The van der Waals surface area contributed by atoms with Crippen molar-refractivity contribution in [3.05, 3.63) is 24.3 Å². The third-order valence-corrected chi connectivity index (χ3v) is 6.23. The largest absolute Gasteiger partial charge is 0.492 e. The molecule has 1 N–H and O–H groups in total. The van der Waals surface area contributed by atoms with Crippen molar-refractivity contribution in [2.24, 2.45) is 5.41 Å². The molecule has 126 valence electrons. The van der Waals surface area contributed by atoms with E-state index >= 15 is 0 Å². The fourth-order valence-corrected chi connectivity index (χ4v) is 4.48. The first kappa shape index (κ1) is 16.3. The second-order valence-corrected chi connectivity index (χ2v) is 8.03. The van der Waals surface area contributed by atoms with E-state index in [0.717, 1.165) is 12.8 Å². The Bertz CT molecular complexity index is 694. The van der Waals surface area contributed by atoms with Gasteiger partial charge in [0.15, 0.2) is 0 Å². The van der Waals surface area contributed by atoms with E-state index in [1.54, 1.807) is 24.3 Å². The summed E-state index contributed by atoms with van der Waals surface area (Å²) in [7, 11) is -3.57. The van der Waals surface area contributed by atoms with Crippen LogP contribution in [0, 0.1) is 5.41 Å². The van der Waals surface area contributed by atoms with Crippen LogP contribution in [0.3, 0.4) is 0 Å². The predicted molar refractivity (Wildman–Crippen MR) is 85.7 cm³/mol. The van der Waals surface area contributed by atoms with Crippen molar-refractivity contribution in [3.8, 4) is 5.75 Å². The van der Waals surface area contributed by atoms with Crippen molar-refractivity contribution in [1.29, 1.82) is 0 Å². The van der Waals surface area contributed by atoms with E-state index in [-0.39, 0.29) is 16.2 Å². The molecule has 2 aliphatic rings. The molecule has 0 unspecified atom stereocenters. The topological polar surface area (TPSA) is 75.7 Å². The lowest BCUT2D eigenvalue weighted by molar-refractivity contribution is -0.133. The van der Waals surface area contributed by atoms with Crippen LogP contribution >= 0.6 is 0 Å². The SMILES string of the molecule is CCC(=O)N1CCC2(CC1)CNS(=O)(=O)c1ccccc1OC2. The summed E-state index contributed by atoms with van der Waals surface area (Å²) in [5, 5.41) is 0. The van der Waals surface area contributed by atoms with Gasteiger partial charge in [-0.2, -0.15) is 0 Å². The molecule has 1 fully saturated rings. The molecule has 1 aromatic carbocycles. The second-order valence-electron chi connectivity index (χ2n) is 6.29. The molecule has 23 heavy (non-hydrogen) atoms. The van der Waals surface area contributed by atoms with Crippen molar-refractivity contribution in [3.63, 3.8) is 0 Å². The van der Waals surface area contributed by atoms with Crippen molar-refractivity contribution < 1.29 is 17.9 Å². The number of amides is 1. The lowest BCUT2D eigenvalue weighted by Gasteiger charge is -2.42. The number of ether oxygens (including phenoxy) is 1. The Labute approximate surface area is 136 Å². The molecule has 1 spiro atoms. The lowest BCUT2D eigenvalue weighted by Crippen LogP contribution is -2.51. The number of carbonyl (C=O) groups is 1. The molecule has 7 heteroatoms. The Morgan fingerprint density at radius 1 is 1.30 bits per heavy atom. The van der Waals surface area contributed by atoms with Gasteiger partial charge in [0, 0.05) is 31.5 Å². The summed E-state index contributed by atoms with van der Waals surface area (Å²) < 4.78 is 33.5. The number of para-hydroxylation sites is 1. The van der Waals surface area contributed by atoms with Crippen molar-refractivity contribution in [2.45, 2.75) is 31.1 Å². The summed E-state index contributed by atoms with van der Waals surface area (Å²) in [4.78, 5) is 13.9. The molecule has 2 aliphatic heterocycles. The Morgan fingerprint density at radius 2 is 2.00 bits per heavy atom. The molecule has 6 nitrogen and oxygen atoms in total. The summed E-state index contributed by atoms with van der Waals surface area (Å²) in [5.41, 5.74) is -0.259. The molecular weight excluding hydrogens is 316 g/mol. The fraction of sp³-hybridized carbons (Fsp3) is 0.562. The summed E-state index contributed by atoms with van der Waals surface area (Å²) in [6.07, 6.45) is 1.98. The predicted octanol–water partition coefficient (Wildman–Crippen LogP) is 1.38. The molecule has 0 bridgehead atoms. The number of nitrogens with one attached hydrogen (secondary N) is 1. The maximum atomic E-state index is 12.4. The number of hydrogen-bond donors (Lipinski definition) is 1. The second kappa shape index (κ2) is 6.13. The molecule has 0 atom stereocenters. The van der Waals surface area contributed by atoms with E-state index in [1.807, 2.05) is 11.8 Å². The molecule has 0 aromatic heterocycles. The zero-order valence-corrected chi connectivity index (χ0v) is 14.1. The van der Waals surface area contributed by atoms with Gasteiger partial charge in [0.25, 0.3) is 0 Å². The van der Waals surface area contributed by atoms with E-state index in [4.69, 9.17) is 4.74 Å². The van der Waals surface area contributed by atoms with Crippen LogP contribution in [0.4, 0.5) is 0 Å². The van der Waals surface area contributed by atoms with E-state index in [1.165, 1.54) is 0 Å². The number of nitrogens with zero attached hydrogens (tertiary/aromatic N) is 1. The zero-order chi connectivity index (χ0) is 16.5. The smallest absolute Gasteiger partial charge is 0.244 e. The Hall–Kier alpha value is -1.60. The minimum atomic E-state index is -3.57. The highest BCUT2D eigenvalue weighted by atomic mass is 32.2. The molecule has 0 radical (unpaired) electrons. The third-order valence-electron chi connectivity index (χ3n) is 4.79. The van der Waals surface area contributed by atoms with Crippen LogP contribution in [0.5, 0.6) is 5.75 Å². The van der Waals surface area contributed by atoms with Crippen molar-refractivity contribution in [1.82, 2.24) is 9.62 Å². The molecule has 2 heterocycles. The van der Waals surface area contributed by atoms with Gasteiger partial charge in [0.1, 0.15) is 10.6 Å². The monoisotopic (exact) mass is 338 g/mol. The molecule has 1 amide bonds. The van der Waals surface area contributed by atoms with Gasteiger partial charge in [-0.1, -0.05) is 19.1 Å². The Kier molecular flexibility index (Phi) is 4.33. The number of fused-ring (bicyclic) bond motifs is 1.